The summed E-state index contributed by atoms with van der Waals surface area (Å²) in [6.45, 7) is 6.54. The number of rotatable bonds is 63. The lowest BCUT2D eigenvalue weighted by Gasteiger charge is -2.18. The fraction of sp³-hybridized carbons (Fsp3) is 0.747. The van der Waals surface area contributed by atoms with Gasteiger partial charge in [0.1, 0.15) is 13.2 Å². The topological polar surface area (TPSA) is 78.9 Å². The summed E-state index contributed by atoms with van der Waals surface area (Å²) < 4.78 is 17.0. The van der Waals surface area contributed by atoms with E-state index in [0.717, 1.165) is 135 Å². The van der Waals surface area contributed by atoms with Gasteiger partial charge in [0.05, 0.1) is 0 Å². The van der Waals surface area contributed by atoms with Gasteiger partial charge in [0.25, 0.3) is 0 Å². The van der Waals surface area contributed by atoms with Crippen LogP contribution < -0.4 is 0 Å². The zero-order chi connectivity index (χ0) is 58.5. The average molecular weight is 1130 g/mol. The summed E-state index contributed by atoms with van der Waals surface area (Å²) in [6.07, 6.45) is 92.7. The van der Waals surface area contributed by atoms with Crippen LogP contribution in [-0.2, 0) is 28.6 Å². The van der Waals surface area contributed by atoms with Crippen LogP contribution in [0.3, 0.4) is 0 Å². The Morgan fingerprint density at radius 2 is 0.481 bits per heavy atom. The van der Waals surface area contributed by atoms with E-state index < -0.39 is 6.10 Å². The predicted octanol–water partition coefficient (Wildman–Crippen LogP) is 24.0. The summed E-state index contributed by atoms with van der Waals surface area (Å²) in [6, 6.07) is 0. The highest BCUT2D eigenvalue weighted by Gasteiger charge is 2.19. The molecule has 0 amide bonds. The van der Waals surface area contributed by atoms with Crippen molar-refractivity contribution in [2.24, 2.45) is 0 Å². The third-order valence-corrected chi connectivity index (χ3v) is 15.1. The SMILES string of the molecule is CC/C=C\C/C=C\C/C=C\C/C=C\C/C=C\CCCCCCCC(=O)OCC(COC(=O)CCCCCCCCCCCCCCCCCCCCCCC)OC(=O)CCCCCCCC/C=C\C/C=C\C/C=C\CCCCCCC. The van der Waals surface area contributed by atoms with Gasteiger partial charge >= 0.3 is 17.9 Å². The van der Waals surface area contributed by atoms with Crippen molar-refractivity contribution in [1.82, 2.24) is 0 Å². The molecule has 0 fully saturated rings. The van der Waals surface area contributed by atoms with E-state index >= 15 is 0 Å². The van der Waals surface area contributed by atoms with Gasteiger partial charge in [0.2, 0.25) is 0 Å². The molecule has 0 saturated carbocycles. The van der Waals surface area contributed by atoms with Crippen LogP contribution in [0.2, 0.25) is 0 Å². The minimum Gasteiger partial charge on any atom is -0.462 e. The van der Waals surface area contributed by atoms with Crippen molar-refractivity contribution in [2.75, 3.05) is 13.2 Å². The van der Waals surface area contributed by atoms with Gasteiger partial charge in [-0.2, -0.15) is 0 Å². The second-order valence-electron chi connectivity index (χ2n) is 23.1. The molecule has 0 aromatic heterocycles. The molecule has 0 rings (SSSR count). The first-order chi connectivity index (χ1) is 40.0. The molecule has 0 aliphatic heterocycles. The standard InChI is InChI=1S/C75H130O6/c1-4-7-10-13-16-19-22-25-28-31-34-37-40-43-46-49-52-55-58-61-64-67-73(76)79-70-72(81-75(78)69-66-63-60-57-54-51-48-45-42-39-36-33-30-27-24-21-18-15-12-9-6-3)71-80-74(77)68-65-62-59-56-53-50-47-44-41-38-35-32-29-26-23-20-17-14-11-8-5-2/h7,10,16,19,24-25,27-28,33-34,36-37,42-43,45-46,72H,4-6,8-9,11-15,17-18,20-23,26,29-32,35,38-41,44,47-71H2,1-3H3/b10-7-,19-16-,27-24-,28-25-,36-33-,37-34-,45-42-,46-43-. The number of hydrogen-bond donors (Lipinski definition) is 0. The molecular weight excluding hydrogens is 997 g/mol. The van der Waals surface area contributed by atoms with Crippen molar-refractivity contribution in [3.8, 4) is 0 Å². The minimum atomic E-state index is -0.795. The van der Waals surface area contributed by atoms with Crippen LogP contribution >= 0.6 is 0 Å². The van der Waals surface area contributed by atoms with Gasteiger partial charge in [0.15, 0.2) is 6.10 Å². The zero-order valence-corrected chi connectivity index (χ0v) is 53.5. The number of allylic oxidation sites excluding steroid dienone is 16. The van der Waals surface area contributed by atoms with Gasteiger partial charge < -0.3 is 14.2 Å². The molecule has 0 aliphatic rings. The maximum Gasteiger partial charge on any atom is 0.306 e. The number of carbonyl (C=O) groups is 3. The Morgan fingerprint density at radius 1 is 0.259 bits per heavy atom. The summed E-state index contributed by atoms with van der Waals surface area (Å²) >= 11 is 0. The summed E-state index contributed by atoms with van der Waals surface area (Å²) in [5.41, 5.74) is 0. The summed E-state index contributed by atoms with van der Waals surface area (Å²) in [4.78, 5) is 38.5. The van der Waals surface area contributed by atoms with Crippen LogP contribution in [0.4, 0.5) is 0 Å². The molecule has 0 aliphatic carbocycles. The molecular formula is C75H130O6. The van der Waals surface area contributed by atoms with Crippen molar-refractivity contribution in [3.05, 3.63) is 97.2 Å². The van der Waals surface area contributed by atoms with Crippen molar-refractivity contribution in [1.29, 1.82) is 0 Å². The molecule has 0 radical (unpaired) electrons. The zero-order valence-electron chi connectivity index (χ0n) is 53.5. The van der Waals surface area contributed by atoms with Crippen LogP contribution in [0.25, 0.3) is 0 Å². The van der Waals surface area contributed by atoms with Gasteiger partial charge in [-0.15, -0.1) is 0 Å². The third-order valence-electron chi connectivity index (χ3n) is 15.1. The van der Waals surface area contributed by atoms with E-state index in [0.29, 0.717) is 19.3 Å². The lowest BCUT2D eigenvalue weighted by molar-refractivity contribution is -0.167. The maximum atomic E-state index is 13.0. The number of unbranched alkanes of at least 4 members (excludes halogenated alkanes) is 36. The first kappa shape index (κ1) is 77.3. The Bertz CT molecular complexity index is 1580. The van der Waals surface area contributed by atoms with Gasteiger partial charge in [-0.3, -0.25) is 14.4 Å². The number of carbonyl (C=O) groups excluding carboxylic acids is 3. The summed E-state index contributed by atoms with van der Waals surface area (Å²) in [7, 11) is 0. The normalized spacial score (nSPS) is 12.7. The van der Waals surface area contributed by atoms with Crippen LogP contribution in [-0.4, -0.2) is 37.2 Å². The fourth-order valence-corrected chi connectivity index (χ4v) is 9.89. The highest BCUT2D eigenvalue weighted by molar-refractivity contribution is 5.71. The molecule has 466 valence electrons. The number of hydrogen-bond acceptors (Lipinski definition) is 6. The molecule has 0 N–H and O–H groups in total. The van der Waals surface area contributed by atoms with Crippen molar-refractivity contribution < 1.29 is 28.6 Å². The highest BCUT2D eigenvalue weighted by Crippen LogP contribution is 2.17. The van der Waals surface area contributed by atoms with Crippen LogP contribution in [0, 0.1) is 0 Å². The van der Waals surface area contributed by atoms with E-state index in [1.54, 1.807) is 0 Å². The van der Waals surface area contributed by atoms with E-state index in [4.69, 9.17) is 14.2 Å². The molecule has 1 unspecified atom stereocenters. The Hall–Kier alpha value is -3.67. The van der Waals surface area contributed by atoms with E-state index in [-0.39, 0.29) is 31.1 Å². The molecule has 0 heterocycles. The molecule has 81 heavy (non-hydrogen) atoms. The quantitative estimate of drug-likeness (QED) is 0.0261. The van der Waals surface area contributed by atoms with Crippen molar-refractivity contribution in [2.45, 2.75) is 348 Å². The Morgan fingerprint density at radius 3 is 0.753 bits per heavy atom. The lowest BCUT2D eigenvalue weighted by atomic mass is 10.0. The van der Waals surface area contributed by atoms with Crippen molar-refractivity contribution in [3.63, 3.8) is 0 Å². The predicted molar refractivity (Wildman–Crippen MR) is 353 cm³/mol. The van der Waals surface area contributed by atoms with Gasteiger partial charge in [-0.05, 0) is 103 Å². The van der Waals surface area contributed by atoms with E-state index in [9.17, 15) is 14.4 Å². The molecule has 0 aromatic carbocycles. The summed E-state index contributed by atoms with van der Waals surface area (Å²) in [5, 5.41) is 0. The van der Waals surface area contributed by atoms with E-state index in [1.165, 1.54) is 167 Å². The highest BCUT2D eigenvalue weighted by atomic mass is 16.6. The maximum absolute atomic E-state index is 13.0. The van der Waals surface area contributed by atoms with Gasteiger partial charge in [-0.1, -0.05) is 317 Å². The van der Waals surface area contributed by atoms with Crippen molar-refractivity contribution >= 4 is 17.9 Å². The van der Waals surface area contributed by atoms with Gasteiger partial charge in [0, 0.05) is 19.3 Å². The fourth-order valence-electron chi connectivity index (χ4n) is 9.89. The molecule has 0 aromatic rings. The average Bonchev–Trinajstić information content (AvgIpc) is 3.47. The Kier molecular flexibility index (Phi) is 65.7. The first-order valence-electron chi connectivity index (χ1n) is 34.7. The number of ether oxygens (including phenoxy) is 3. The molecule has 6 nitrogen and oxygen atoms in total. The Balaban J connectivity index is 4.43. The monoisotopic (exact) mass is 1130 g/mol. The minimum absolute atomic E-state index is 0.0869. The smallest absolute Gasteiger partial charge is 0.306 e. The van der Waals surface area contributed by atoms with Crippen LogP contribution in [0.15, 0.2) is 97.2 Å². The van der Waals surface area contributed by atoms with E-state index in [2.05, 4.69) is 118 Å². The first-order valence-corrected chi connectivity index (χ1v) is 34.7. The third kappa shape index (κ3) is 67.0. The molecule has 6 heteroatoms. The largest absolute Gasteiger partial charge is 0.462 e. The summed E-state index contributed by atoms with van der Waals surface area (Å²) in [5.74, 6) is -0.903. The number of esters is 3. The second kappa shape index (κ2) is 68.8. The second-order valence-corrected chi connectivity index (χ2v) is 23.1. The molecule has 0 spiro atoms. The molecule has 1 atom stereocenters. The molecule has 0 bridgehead atoms. The van der Waals surface area contributed by atoms with Crippen LogP contribution in [0.1, 0.15) is 342 Å². The lowest BCUT2D eigenvalue weighted by Crippen LogP contribution is -2.30. The van der Waals surface area contributed by atoms with E-state index in [1.807, 2.05) is 0 Å². The van der Waals surface area contributed by atoms with Gasteiger partial charge in [-0.25, -0.2) is 0 Å². The van der Waals surface area contributed by atoms with Crippen LogP contribution in [0.5, 0.6) is 0 Å². The Labute approximate surface area is 502 Å². The molecule has 0 saturated heterocycles.